The van der Waals surface area contributed by atoms with Crippen LogP contribution in [0.2, 0.25) is 5.02 Å². The SMILES string of the molecule is CC(C)(C)OC(=O)Nc1ccc(F)c(NCc2cc(Cl)cs2)c1. The van der Waals surface area contributed by atoms with Gasteiger partial charge < -0.3 is 10.1 Å². The Labute approximate surface area is 143 Å². The Morgan fingerprint density at radius 3 is 2.70 bits per heavy atom. The zero-order chi connectivity index (χ0) is 17.0. The summed E-state index contributed by atoms with van der Waals surface area (Å²) < 4.78 is 19.0. The van der Waals surface area contributed by atoms with E-state index >= 15 is 0 Å². The smallest absolute Gasteiger partial charge is 0.412 e. The summed E-state index contributed by atoms with van der Waals surface area (Å²) in [5.74, 6) is -0.401. The maximum absolute atomic E-state index is 13.9. The van der Waals surface area contributed by atoms with E-state index in [0.29, 0.717) is 22.9 Å². The van der Waals surface area contributed by atoms with E-state index in [0.717, 1.165) is 4.88 Å². The van der Waals surface area contributed by atoms with Gasteiger partial charge in [-0.3, -0.25) is 5.32 Å². The Hall–Kier alpha value is -1.79. The topological polar surface area (TPSA) is 50.4 Å². The summed E-state index contributed by atoms with van der Waals surface area (Å²) in [6.45, 7) is 5.77. The number of carbonyl (C=O) groups is 1. The van der Waals surface area contributed by atoms with Gasteiger partial charge in [0.1, 0.15) is 11.4 Å². The Morgan fingerprint density at radius 2 is 2.09 bits per heavy atom. The molecule has 0 saturated carbocycles. The lowest BCUT2D eigenvalue weighted by Crippen LogP contribution is -2.27. The van der Waals surface area contributed by atoms with E-state index in [4.69, 9.17) is 16.3 Å². The minimum absolute atomic E-state index is 0.295. The summed E-state index contributed by atoms with van der Waals surface area (Å²) in [5.41, 5.74) is 0.152. The molecule has 2 N–H and O–H groups in total. The third kappa shape index (κ3) is 5.73. The van der Waals surface area contributed by atoms with Crippen molar-refractivity contribution in [2.45, 2.75) is 32.9 Å². The largest absolute Gasteiger partial charge is 0.444 e. The molecule has 0 saturated heterocycles. The molecule has 0 fully saturated rings. The molecule has 0 bridgehead atoms. The zero-order valence-electron chi connectivity index (χ0n) is 13.1. The molecule has 0 radical (unpaired) electrons. The second-order valence-electron chi connectivity index (χ2n) is 5.91. The maximum atomic E-state index is 13.9. The van der Waals surface area contributed by atoms with Gasteiger partial charge >= 0.3 is 6.09 Å². The lowest BCUT2D eigenvalue weighted by molar-refractivity contribution is 0.0636. The summed E-state index contributed by atoms with van der Waals surface area (Å²) in [6, 6.07) is 6.11. The van der Waals surface area contributed by atoms with Gasteiger partial charge in [0.15, 0.2) is 0 Å². The number of ether oxygens (including phenoxy) is 1. The van der Waals surface area contributed by atoms with Crippen LogP contribution in [-0.2, 0) is 11.3 Å². The Bertz CT molecular complexity index is 698. The van der Waals surface area contributed by atoms with Crippen LogP contribution in [0.15, 0.2) is 29.6 Å². The Kier molecular flexibility index (Phi) is 5.49. The summed E-state index contributed by atoms with van der Waals surface area (Å²) in [7, 11) is 0. The summed E-state index contributed by atoms with van der Waals surface area (Å²) in [5, 5.41) is 8.05. The standard InChI is InChI=1S/C16H18ClFN2O2S/c1-16(2,3)22-15(21)20-11-4-5-13(18)14(7-11)19-8-12-6-10(17)9-23-12/h4-7,9,19H,8H2,1-3H3,(H,20,21). The molecule has 0 aliphatic heterocycles. The number of amides is 1. The van der Waals surface area contributed by atoms with Crippen LogP contribution in [0.3, 0.4) is 0 Å². The number of thiophene rings is 1. The molecular formula is C16H18ClFN2O2S. The second kappa shape index (κ2) is 7.19. The van der Waals surface area contributed by atoms with E-state index in [-0.39, 0.29) is 0 Å². The number of benzene rings is 1. The van der Waals surface area contributed by atoms with Crippen molar-refractivity contribution in [1.29, 1.82) is 0 Å². The normalized spacial score (nSPS) is 11.2. The van der Waals surface area contributed by atoms with Crippen molar-refractivity contribution in [2.24, 2.45) is 0 Å². The van der Waals surface area contributed by atoms with E-state index in [1.165, 1.54) is 29.5 Å². The summed E-state index contributed by atoms with van der Waals surface area (Å²) in [6.07, 6.45) is -0.583. The number of hydrogen-bond donors (Lipinski definition) is 2. The molecule has 1 amide bonds. The molecule has 0 atom stereocenters. The van der Waals surface area contributed by atoms with Gasteiger partial charge in [0.25, 0.3) is 0 Å². The van der Waals surface area contributed by atoms with Crippen LogP contribution in [-0.4, -0.2) is 11.7 Å². The number of rotatable bonds is 4. The van der Waals surface area contributed by atoms with Crippen molar-refractivity contribution >= 4 is 40.4 Å². The van der Waals surface area contributed by atoms with Crippen LogP contribution in [0.1, 0.15) is 25.6 Å². The Morgan fingerprint density at radius 1 is 1.35 bits per heavy atom. The fourth-order valence-electron chi connectivity index (χ4n) is 1.79. The van der Waals surface area contributed by atoms with Crippen molar-refractivity contribution in [3.8, 4) is 0 Å². The van der Waals surface area contributed by atoms with Crippen LogP contribution in [0.25, 0.3) is 0 Å². The molecule has 1 aromatic heterocycles. The molecule has 124 valence electrons. The lowest BCUT2D eigenvalue weighted by Gasteiger charge is -2.20. The van der Waals surface area contributed by atoms with E-state index in [9.17, 15) is 9.18 Å². The molecule has 2 aromatic rings. The van der Waals surface area contributed by atoms with E-state index in [2.05, 4.69) is 10.6 Å². The van der Waals surface area contributed by atoms with Gasteiger partial charge in [-0.1, -0.05) is 11.6 Å². The van der Waals surface area contributed by atoms with Gasteiger partial charge in [-0.2, -0.15) is 0 Å². The van der Waals surface area contributed by atoms with Gasteiger partial charge in [0, 0.05) is 22.5 Å². The highest BCUT2D eigenvalue weighted by Gasteiger charge is 2.16. The number of nitrogens with one attached hydrogen (secondary N) is 2. The van der Waals surface area contributed by atoms with Gasteiger partial charge in [0.2, 0.25) is 0 Å². The van der Waals surface area contributed by atoms with Crippen LogP contribution in [0, 0.1) is 5.82 Å². The highest BCUT2D eigenvalue weighted by Crippen LogP contribution is 2.24. The van der Waals surface area contributed by atoms with Gasteiger partial charge in [-0.15, -0.1) is 11.3 Å². The molecule has 0 spiro atoms. The molecule has 0 aliphatic carbocycles. The fraction of sp³-hybridized carbons (Fsp3) is 0.312. The summed E-state index contributed by atoms with van der Waals surface area (Å²) in [4.78, 5) is 12.7. The number of halogens is 2. The second-order valence-corrected chi connectivity index (χ2v) is 7.34. The molecule has 0 aliphatic rings. The average molecular weight is 357 g/mol. The summed E-state index contributed by atoms with van der Waals surface area (Å²) >= 11 is 7.35. The predicted octanol–water partition coefficient (Wildman–Crippen LogP) is 5.50. The molecule has 4 nitrogen and oxygen atoms in total. The van der Waals surface area contributed by atoms with Crippen LogP contribution in [0.5, 0.6) is 0 Å². The van der Waals surface area contributed by atoms with Crippen LogP contribution >= 0.6 is 22.9 Å². The van der Waals surface area contributed by atoms with E-state index in [1.54, 1.807) is 20.8 Å². The van der Waals surface area contributed by atoms with E-state index < -0.39 is 17.5 Å². The highest BCUT2D eigenvalue weighted by molar-refractivity contribution is 7.10. The van der Waals surface area contributed by atoms with Gasteiger partial charge in [-0.25, -0.2) is 9.18 Å². The van der Waals surface area contributed by atoms with Crippen molar-refractivity contribution in [1.82, 2.24) is 0 Å². The predicted molar refractivity (Wildman–Crippen MR) is 92.9 cm³/mol. The number of anilines is 2. The molecule has 1 heterocycles. The fourth-order valence-corrected chi connectivity index (χ4v) is 2.80. The Balaban J connectivity index is 2.02. The first-order valence-electron chi connectivity index (χ1n) is 6.99. The molecule has 23 heavy (non-hydrogen) atoms. The van der Waals surface area contributed by atoms with Crippen molar-refractivity contribution in [3.05, 3.63) is 45.4 Å². The van der Waals surface area contributed by atoms with Crippen molar-refractivity contribution in [2.75, 3.05) is 10.6 Å². The molecule has 0 unspecified atom stereocenters. The van der Waals surface area contributed by atoms with Crippen LogP contribution < -0.4 is 10.6 Å². The van der Waals surface area contributed by atoms with E-state index in [1.807, 2.05) is 11.4 Å². The quantitative estimate of drug-likeness (QED) is 0.760. The third-order valence-corrected chi connectivity index (χ3v) is 3.97. The lowest BCUT2D eigenvalue weighted by atomic mass is 10.2. The van der Waals surface area contributed by atoms with Gasteiger partial charge in [-0.05, 0) is 45.0 Å². The maximum Gasteiger partial charge on any atom is 0.412 e. The highest BCUT2D eigenvalue weighted by atomic mass is 35.5. The minimum atomic E-state index is -0.594. The molecule has 1 aromatic carbocycles. The first-order valence-corrected chi connectivity index (χ1v) is 8.25. The van der Waals surface area contributed by atoms with Crippen molar-refractivity contribution < 1.29 is 13.9 Å². The molecule has 7 heteroatoms. The van der Waals surface area contributed by atoms with Gasteiger partial charge in [0.05, 0.1) is 10.7 Å². The molecular weight excluding hydrogens is 339 g/mol. The first-order chi connectivity index (χ1) is 10.7. The zero-order valence-corrected chi connectivity index (χ0v) is 14.6. The third-order valence-electron chi connectivity index (χ3n) is 2.69. The first kappa shape index (κ1) is 17.6. The monoisotopic (exact) mass is 356 g/mol. The number of hydrogen-bond acceptors (Lipinski definition) is 4. The van der Waals surface area contributed by atoms with Crippen molar-refractivity contribution in [3.63, 3.8) is 0 Å². The average Bonchev–Trinajstić information content (AvgIpc) is 2.83. The number of carbonyl (C=O) groups excluding carboxylic acids is 1. The molecule has 2 rings (SSSR count). The van der Waals surface area contributed by atoms with Crippen LogP contribution in [0.4, 0.5) is 20.6 Å². The minimum Gasteiger partial charge on any atom is -0.444 e.